The van der Waals surface area contributed by atoms with Crippen molar-refractivity contribution >= 4 is 40.2 Å². The Morgan fingerprint density at radius 2 is 1.89 bits per heavy atom. The predicted molar refractivity (Wildman–Crippen MR) is 148 cm³/mol. The largest absolute Gasteiger partial charge is 0.369 e. The van der Waals surface area contributed by atoms with E-state index in [2.05, 4.69) is 11.4 Å². The van der Waals surface area contributed by atoms with Gasteiger partial charge in [-0.25, -0.2) is 9.98 Å². The number of amides is 1. The van der Waals surface area contributed by atoms with Gasteiger partial charge in [0, 0.05) is 23.5 Å². The molecule has 2 aromatic rings. The summed E-state index contributed by atoms with van der Waals surface area (Å²) < 4.78 is 0. The molecule has 0 bridgehead atoms. The number of halogens is 1. The Morgan fingerprint density at radius 1 is 1.08 bits per heavy atom. The zero-order valence-electron chi connectivity index (χ0n) is 21.5. The highest BCUT2D eigenvalue weighted by Gasteiger charge is 2.47. The molecule has 1 aliphatic heterocycles. The molecule has 0 radical (unpaired) electrons. The van der Waals surface area contributed by atoms with E-state index >= 15 is 0 Å². The lowest BCUT2D eigenvalue weighted by Gasteiger charge is -2.35. The van der Waals surface area contributed by atoms with Crippen LogP contribution in [0.1, 0.15) is 83.5 Å². The molecular formula is C29H40ClN5O. The van der Waals surface area contributed by atoms with Gasteiger partial charge in [0.25, 0.3) is 5.91 Å². The molecule has 2 fully saturated rings. The molecule has 0 saturated heterocycles. The number of fused-ring (bicyclic) bond motifs is 1. The molecule has 3 aliphatic rings. The number of pyridine rings is 1. The van der Waals surface area contributed by atoms with Gasteiger partial charge in [0.1, 0.15) is 11.4 Å². The molecule has 2 aliphatic carbocycles. The quantitative estimate of drug-likeness (QED) is 0.424. The van der Waals surface area contributed by atoms with Crippen molar-refractivity contribution in [3.63, 3.8) is 0 Å². The number of anilines is 1. The molecule has 3 N–H and O–H groups in total. The van der Waals surface area contributed by atoms with Crippen molar-refractivity contribution in [2.75, 3.05) is 12.4 Å². The number of guanidine groups is 1. The number of likely N-dealkylation sites (N-methyl/N-ethyl adjacent to an activating group) is 1. The van der Waals surface area contributed by atoms with E-state index in [1.807, 2.05) is 24.3 Å². The highest BCUT2D eigenvalue weighted by molar-refractivity contribution is 6.31. The number of nitrogens with zero attached hydrogens (tertiary/aromatic N) is 3. The van der Waals surface area contributed by atoms with Gasteiger partial charge in [-0.3, -0.25) is 9.69 Å². The Bertz CT molecular complexity index is 1110. The molecule has 0 spiro atoms. The van der Waals surface area contributed by atoms with Crippen molar-refractivity contribution in [2.24, 2.45) is 22.6 Å². The molecule has 1 aromatic carbocycles. The molecule has 2 heterocycles. The highest BCUT2D eigenvalue weighted by Crippen LogP contribution is 2.40. The number of nitrogens with one attached hydrogen (secondary N) is 1. The van der Waals surface area contributed by atoms with Crippen LogP contribution in [0.4, 0.5) is 5.82 Å². The number of aliphatic imine (C=N–C) groups is 1. The summed E-state index contributed by atoms with van der Waals surface area (Å²) in [6.45, 7) is 0. The van der Waals surface area contributed by atoms with Crippen LogP contribution in [0.15, 0.2) is 35.3 Å². The van der Waals surface area contributed by atoms with Crippen molar-refractivity contribution in [1.82, 2.24) is 9.88 Å². The standard InChI is InChI=1S/C29H40ClN5O/c1-35-27(36)29(34-28(35)31,16-6-10-20-7-3-2-4-8-20)19-21-9-5-11-24(17-21)32-26-15-12-22-18-23(30)13-14-25(22)33-26/h12-15,18,20-21,24H,2-11,16-17,19H2,1H3,(H2,31,34)(H,32,33)/t21-,24+,29+/m0/s1. The van der Waals surface area contributed by atoms with Crippen molar-refractivity contribution in [3.8, 4) is 0 Å². The summed E-state index contributed by atoms with van der Waals surface area (Å²) in [5.41, 5.74) is 6.44. The third-order valence-corrected chi connectivity index (χ3v) is 8.95. The Hall–Kier alpha value is -2.34. The predicted octanol–water partition coefficient (Wildman–Crippen LogP) is 6.53. The molecule has 7 heteroatoms. The van der Waals surface area contributed by atoms with Crippen molar-refractivity contribution in [2.45, 2.75) is 95.1 Å². The van der Waals surface area contributed by atoms with Crippen LogP contribution in [0.5, 0.6) is 0 Å². The Kier molecular flexibility index (Phi) is 7.71. The van der Waals surface area contributed by atoms with E-state index in [9.17, 15) is 4.79 Å². The minimum Gasteiger partial charge on any atom is -0.369 e. The molecule has 0 unspecified atom stereocenters. The molecule has 36 heavy (non-hydrogen) atoms. The van der Waals surface area contributed by atoms with E-state index in [-0.39, 0.29) is 5.91 Å². The van der Waals surface area contributed by atoms with Crippen LogP contribution >= 0.6 is 11.6 Å². The first kappa shape index (κ1) is 25.3. The average molecular weight is 510 g/mol. The van der Waals surface area contributed by atoms with Crippen LogP contribution in [0.25, 0.3) is 10.9 Å². The lowest BCUT2D eigenvalue weighted by Crippen LogP contribution is -2.44. The zero-order chi connectivity index (χ0) is 25.1. The summed E-state index contributed by atoms with van der Waals surface area (Å²) in [6.07, 6.45) is 15.1. The lowest BCUT2D eigenvalue weighted by atomic mass is 9.75. The number of hydrogen-bond donors (Lipinski definition) is 2. The van der Waals surface area contributed by atoms with E-state index in [1.165, 1.54) is 38.5 Å². The van der Waals surface area contributed by atoms with Crippen molar-refractivity contribution in [3.05, 3.63) is 35.4 Å². The molecule has 1 amide bonds. The van der Waals surface area contributed by atoms with Crippen LogP contribution in [-0.2, 0) is 4.79 Å². The Morgan fingerprint density at radius 3 is 2.67 bits per heavy atom. The number of nitrogens with two attached hydrogens (primary N) is 1. The first-order valence-electron chi connectivity index (χ1n) is 13.9. The van der Waals surface area contributed by atoms with Gasteiger partial charge in [-0.05, 0) is 67.9 Å². The van der Waals surface area contributed by atoms with Crippen LogP contribution < -0.4 is 11.1 Å². The smallest absolute Gasteiger partial charge is 0.257 e. The van der Waals surface area contributed by atoms with Gasteiger partial charge in [-0.15, -0.1) is 0 Å². The minimum absolute atomic E-state index is 0.0913. The summed E-state index contributed by atoms with van der Waals surface area (Å²) in [4.78, 5) is 24.6. The van der Waals surface area contributed by atoms with Crippen molar-refractivity contribution in [1.29, 1.82) is 0 Å². The zero-order valence-corrected chi connectivity index (χ0v) is 22.3. The molecular weight excluding hydrogens is 470 g/mol. The van der Waals surface area contributed by atoms with Gasteiger partial charge in [0.15, 0.2) is 5.96 Å². The first-order valence-corrected chi connectivity index (χ1v) is 14.3. The van der Waals surface area contributed by atoms with Gasteiger partial charge in [0.2, 0.25) is 0 Å². The number of aromatic nitrogens is 1. The molecule has 1 aromatic heterocycles. The maximum absolute atomic E-state index is 13.4. The third-order valence-electron chi connectivity index (χ3n) is 8.71. The fourth-order valence-corrected chi connectivity index (χ4v) is 6.97. The molecule has 6 nitrogen and oxygen atoms in total. The molecule has 3 atom stereocenters. The summed E-state index contributed by atoms with van der Waals surface area (Å²) >= 11 is 6.12. The SMILES string of the molecule is CN1C(=O)[C@@](CCCC2CCCCC2)(C[C@H]2CCC[C@@H](Nc3ccc4cc(Cl)ccc4n3)C2)N=C1N. The summed E-state index contributed by atoms with van der Waals surface area (Å²) in [5, 5.41) is 5.44. The van der Waals surface area contributed by atoms with Crippen LogP contribution in [0, 0.1) is 11.8 Å². The van der Waals surface area contributed by atoms with E-state index < -0.39 is 5.54 Å². The van der Waals surface area contributed by atoms with Gasteiger partial charge in [0.05, 0.1) is 5.52 Å². The second-order valence-corrected chi connectivity index (χ2v) is 11.8. The maximum Gasteiger partial charge on any atom is 0.257 e. The van der Waals surface area contributed by atoms with Gasteiger partial charge in [-0.2, -0.15) is 0 Å². The van der Waals surface area contributed by atoms with Crippen molar-refractivity contribution < 1.29 is 4.79 Å². The molecule has 2 saturated carbocycles. The maximum atomic E-state index is 13.4. The second kappa shape index (κ2) is 11.0. The van der Waals surface area contributed by atoms with Gasteiger partial charge in [-0.1, -0.05) is 69.4 Å². The summed E-state index contributed by atoms with van der Waals surface area (Å²) in [5.74, 6) is 2.63. The second-order valence-electron chi connectivity index (χ2n) is 11.4. The fraction of sp³-hybridized carbons (Fsp3) is 0.621. The summed E-state index contributed by atoms with van der Waals surface area (Å²) in [7, 11) is 1.77. The van der Waals surface area contributed by atoms with Crippen LogP contribution in [0.2, 0.25) is 5.02 Å². The highest BCUT2D eigenvalue weighted by atomic mass is 35.5. The monoisotopic (exact) mass is 509 g/mol. The average Bonchev–Trinajstić information content (AvgIpc) is 3.08. The van der Waals surface area contributed by atoms with E-state index in [1.54, 1.807) is 11.9 Å². The first-order chi connectivity index (χ1) is 17.4. The number of hydrogen-bond acceptors (Lipinski definition) is 5. The Labute approximate surface area is 220 Å². The number of carbonyl (C=O) groups is 1. The van der Waals surface area contributed by atoms with E-state index in [4.69, 9.17) is 27.3 Å². The number of rotatable bonds is 8. The molecule has 5 rings (SSSR count). The normalized spacial score (nSPS) is 27.4. The number of carbonyl (C=O) groups excluding carboxylic acids is 1. The lowest BCUT2D eigenvalue weighted by molar-refractivity contribution is -0.131. The van der Waals surface area contributed by atoms with Gasteiger partial charge < -0.3 is 11.1 Å². The van der Waals surface area contributed by atoms with Crippen LogP contribution in [0.3, 0.4) is 0 Å². The minimum atomic E-state index is -0.680. The summed E-state index contributed by atoms with van der Waals surface area (Å²) in [6, 6.07) is 10.2. The molecule has 194 valence electrons. The van der Waals surface area contributed by atoms with E-state index in [0.717, 1.165) is 72.6 Å². The number of benzene rings is 1. The topological polar surface area (TPSA) is 83.6 Å². The third kappa shape index (κ3) is 5.64. The fourth-order valence-electron chi connectivity index (χ4n) is 6.79. The van der Waals surface area contributed by atoms with Crippen LogP contribution in [-0.4, -0.2) is 40.4 Å². The van der Waals surface area contributed by atoms with Gasteiger partial charge >= 0.3 is 0 Å². The van der Waals surface area contributed by atoms with E-state index in [0.29, 0.717) is 17.9 Å². The Balaban J connectivity index is 1.23.